The number of benzene rings is 1. The Morgan fingerprint density at radius 1 is 1.30 bits per heavy atom. The molecule has 0 aliphatic carbocycles. The van der Waals surface area contributed by atoms with E-state index in [2.05, 4.69) is 20.7 Å². The minimum absolute atomic E-state index is 0.0389. The van der Waals surface area contributed by atoms with Gasteiger partial charge in [0.25, 0.3) is 11.8 Å². The molecule has 13 heteroatoms. The van der Waals surface area contributed by atoms with E-state index < -0.39 is 24.6 Å². The van der Waals surface area contributed by atoms with Crippen molar-refractivity contribution in [2.24, 2.45) is 0 Å². The Balaban J connectivity index is 1.34. The van der Waals surface area contributed by atoms with Crippen LogP contribution in [-0.2, 0) is 17.6 Å². The van der Waals surface area contributed by atoms with Crippen LogP contribution in [0.3, 0.4) is 0 Å². The molecule has 0 bridgehead atoms. The molecule has 0 spiro atoms. The van der Waals surface area contributed by atoms with Crippen molar-refractivity contribution in [1.29, 1.82) is 5.26 Å². The first-order valence-electron chi connectivity index (χ1n) is 12.7. The number of ether oxygens (including phenoxy) is 2. The molecule has 10 nitrogen and oxygen atoms in total. The second kappa shape index (κ2) is 11.4. The highest BCUT2D eigenvalue weighted by Crippen LogP contribution is 2.26. The van der Waals surface area contributed by atoms with Crippen LogP contribution in [0, 0.1) is 11.3 Å². The van der Waals surface area contributed by atoms with E-state index in [1.807, 2.05) is 6.07 Å². The number of hydrogen-bond donors (Lipinski definition) is 2. The van der Waals surface area contributed by atoms with E-state index >= 15 is 0 Å². The Kier molecular flexibility index (Phi) is 7.70. The van der Waals surface area contributed by atoms with Crippen LogP contribution in [-0.4, -0.2) is 64.7 Å². The van der Waals surface area contributed by atoms with Crippen LogP contribution in [0.5, 0.6) is 5.75 Å². The minimum atomic E-state index is -4.43. The average molecular weight is 555 g/mol. The summed E-state index contributed by atoms with van der Waals surface area (Å²) in [5, 5.41) is 19.4. The summed E-state index contributed by atoms with van der Waals surface area (Å²) in [6.07, 6.45) is -1.05. The summed E-state index contributed by atoms with van der Waals surface area (Å²) in [6.45, 7) is -0.453. The van der Waals surface area contributed by atoms with Crippen LogP contribution in [0.4, 0.5) is 13.2 Å². The number of pyridine rings is 1. The van der Waals surface area contributed by atoms with Gasteiger partial charge in [-0.1, -0.05) is 12.1 Å². The summed E-state index contributed by atoms with van der Waals surface area (Å²) < 4.78 is 49.0. The van der Waals surface area contributed by atoms with Gasteiger partial charge in [0, 0.05) is 31.8 Å². The lowest BCUT2D eigenvalue weighted by Gasteiger charge is -2.26. The maximum absolute atomic E-state index is 13.3. The fourth-order valence-electron chi connectivity index (χ4n) is 4.55. The zero-order valence-electron chi connectivity index (χ0n) is 21.2. The van der Waals surface area contributed by atoms with Crippen LogP contribution >= 0.6 is 0 Å². The maximum Gasteiger partial charge on any atom is 0.422 e. The standard InChI is InChI=1S/C27H25F3N6O4/c28-27(29,30)15-40-19-3-1-2-16(10-19)4-6-18-11-21-23(25(37)34-18)24(26(38)33-14-20-8-9-39-20)36(35-21)22-7-5-17(12-31)13-32-22/h1-3,5,7,10,13,18,20H,4,6,8-9,11,14-15H2,(H,33,38)(H,34,37). The minimum Gasteiger partial charge on any atom is -0.484 e. The second-order valence-corrected chi connectivity index (χ2v) is 9.55. The van der Waals surface area contributed by atoms with Crippen LogP contribution in [0.1, 0.15) is 50.5 Å². The molecule has 40 heavy (non-hydrogen) atoms. The number of carbonyl (C=O) groups is 2. The van der Waals surface area contributed by atoms with Crippen molar-refractivity contribution in [1.82, 2.24) is 25.4 Å². The average Bonchev–Trinajstić information content (AvgIpc) is 3.30. The van der Waals surface area contributed by atoms with Gasteiger partial charge in [0.15, 0.2) is 12.4 Å². The van der Waals surface area contributed by atoms with Crippen molar-refractivity contribution in [2.45, 2.75) is 44.0 Å². The first-order valence-corrected chi connectivity index (χ1v) is 12.7. The van der Waals surface area contributed by atoms with Crippen LogP contribution in [0.15, 0.2) is 42.6 Å². The molecular formula is C27H25F3N6O4. The Labute approximate surface area is 227 Å². The molecule has 2 atom stereocenters. The van der Waals surface area contributed by atoms with Crippen molar-refractivity contribution in [3.8, 4) is 17.6 Å². The molecule has 2 aliphatic rings. The van der Waals surface area contributed by atoms with E-state index in [9.17, 15) is 22.8 Å². The van der Waals surface area contributed by atoms with Crippen molar-refractivity contribution in [2.75, 3.05) is 19.8 Å². The van der Waals surface area contributed by atoms with Crippen LogP contribution in [0.25, 0.3) is 5.82 Å². The number of nitrogens with one attached hydrogen (secondary N) is 2. The predicted molar refractivity (Wildman–Crippen MR) is 134 cm³/mol. The third-order valence-corrected chi connectivity index (χ3v) is 6.64. The number of halogens is 3. The number of aryl methyl sites for hydroxylation is 1. The van der Waals surface area contributed by atoms with Crippen molar-refractivity contribution >= 4 is 11.8 Å². The van der Waals surface area contributed by atoms with Gasteiger partial charge in [0.05, 0.1) is 22.9 Å². The molecule has 2 amide bonds. The Morgan fingerprint density at radius 3 is 2.80 bits per heavy atom. The van der Waals surface area contributed by atoms with Gasteiger partial charge >= 0.3 is 6.18 Å². The number of hydrogen-bond acceptors (Lipinski definition) is 7. The SMILES string of the molecule is N#Cc1ccc(-n2nc3c(c2C(=O)NCC2CCO2)C(=O)NC(CCc2cccc(OCC(F)(F)F)c2)C3)nc1. The first kappa shape index (κ1) is 27.1. The van der Waals surface area contributed by atoms with E-state index in [0.717, 1.165) is 12.0 Å². The van der Waals surface area contributed by atoms with Gasteiger partial charge in [-0.05, 0) is 49.1 Å². The topological polar surface area (TPSA) is 131 Å². The van der Waals surface area contributed by atoms with Crippen LogP contribution < -0.4 is 15.4 Å². The summed E-state index contributed by atoms with van der Waals surface area (Å²) in [5.74, 6) is -0.571. The number of nitrogens with zero attached hydrogens (tertiary/aromatic N) is 4. The van der Waals surface area contributed by atoms with Gasteiger partial charge in [-0.3, -0.25) is 9.59 Å². The number of alkyl halides is 3. The fraction of sp³-hybridized carbons (Fsp3) is 0.370. The summed E-state index contributed by atoms with van der Waals surface area (Å²) >= 11 is 0. The van der Waals surface area contributed by atoms with Gasteiger partial charge < -0.3 is 20.1 Å². The molecule has 0 saturated carbocycles. The molecule has 2 unspecified atom stereocenters. The first-order chi connectivity index (χ1) is 19.2. The highest BCUT2D eigenvalue weighted by molar-refractivity contribution is 6.08. The third kappa shape index (κ3) is 6.23. The molecule has 0 radical (unpaired) electrons. The quantitative estimate of drug-likeness (QED) is 0.416. The molecule has 5 rings (SSSR count). The zero-order chi connectivity index (χ0) is 28.3. The summed E-state index contributed by atoms with van der Waals surface area (Å²) in [5.41, 5.74) is 1.70. The van der Waals surface area contributed by atoms with E-state index in [1.165, 1.54) is 16.9 Å². The lowest BCUT2D eigenvalue weighted by molar-refractivity contribution is -0.153. The highest BCUT2D eigenvalue weighted by atomic mass is 19.4. The molecule has 1 fully saturated rings. The molecule has 2 aliphatic heterocycles. The van der Waals surface area contributed by atoms with E-state index in [-0.39, 0.29) is 41.5 Å². The lowest BCUT2D eigenvalue weighted by atomic mass is 9.95. The number of carbonyl (C=O) groups excluding carboxylic acids is 2. The summed E-state index contributed by atoms with van der Waals surface area (Å²) in [7, 11) is 0. The van der Waals surface area contributed by atoms with E-state index in [0.29, 0.717) is 37.1 Å². The van der Waals surface area contributed by atoms with Crippen molar-refractivity contribution < 1.29 is 32.2 Å². The molecule has 3 aromatic rings. The Bertz CT molecular complexity index is 1440. The predicted octanol–water partition coefficient (Wildman–Crippen LogP) is 2.89. The maximum atomic E-state index is 13.3. The fourth-order valence-corrected chi connectivity index (χ4v) is 4.55. The number of fused-ring (bicyclic) bond motifs is 1. The molecule has 2 N–H and O–H groups in total. The van der Waals surface area contributed by atoms with Gasteiger partial charge in [-0.25, -0.2) is 9.67 Å². The molecule has 1 aromatic carbocycles. The van der Waals surface area contributed by atoms with Gasteiger partial charge in [-0.15, -0.1) is 0 Å². The van der Waals surface area contributed by atoms with Crippen molar-refractivity contribution in [3.63, 3.8) is 0 Å². The number of aromatic nitrogens is 3. The smallest absolute Gasteiger partial charge is 0.422 e. The highest BCUT2D eigenvalue weighted by Gasteiger charge is 2.35. The molecule has 2 aromatic heterocycles. The van der Waals surface area contributed by atoms with E-state index in [1.54, 1.807) is 30.3 Å². The van der Waals surface area contributed by atoms with Gasteiger partial charge in [-0.2, -0.15) is 23.5 Å². The third-order valence-electron chi connectivity index (χ3n) is 6.64. The van der Waals surface area contributed by atoms with Gasteiger partial charge in [0.2, 0.25) is 0 Å². The van der Waals surface area contributed by atoms with Crippen LogP contribution in [0.2, 0.25) is 0 Å². The number of amides is 2. The molecule has 1 saturated heterocycles. The lowest BCUT2D eigenvalue weighted by Crippen LogP contribution is -2.43. The Morgan fingerprint density at radius 2 is 2.12 bits per heavy atom. The Hall–Kier alpha value is -4.44. The second-order valence-electron chi connectivity index (χ2n) is 9.55. The van der Waals surface area contributed by atoms with E-state index in [4.69, 9.17) is 14.7 Å². The normalized spacial score (nSPS) is 18.2. The summed E-state index contributed by atoms with van der Waals surface area (Å²) in [6, 6.07) is 11.1. The summed E-state index contributed by atoms with van der Waals surface area (Å²) in [4.78, 5) is 30.8. The molecule has 208 valence electrons. The number of nitriles is 1. The monoisotopic (exact) mass is 554 g/mol. The molecular weight excluding hydrogens is 529 g/mol. The van der Waals surface area contributed by atoms with Crippen molar-refractivity contribution in [3.05, 3.63) is 70.7 Å². The van der Waals surface area contributed by atoms with Gasteiger partial charge in [0.1, 0.15) is 17.5 Å². The largest absolute Gasteiger partial charge is 0.484 e. The molecule has 4 heterocycles. The zero-order valence-corrected chi connectivity index (χ0v) is 21.2. The number of rotatable bonds is 9.